The van der Waals surface area contributed by atoms with Crippen molar-refractivity contribution in [3.8, 4) is 0 Å². The molecule has 1 aromatic carbocycles. The van der Waals surface area contributed by atoms with Crippen LogP contribution in [0.25, 0.3) is 0 Å². The van der Waals surface area contributed by atoms with Crippen molar-refractivity contribution in [2.45, 2.75) is 31.7 Å². The Morgan fingerprint density at radius 3 is 2.47 bits per heavy atom. The van der Waals surface area contributed by atoms with Gasteiger partial charge in [-0.2, -0.15) is 0 Å². The maximum atomic E-state index is 12.1. The number of sulfonamides is 1. The third-order valence-electron chi connectivity index (χ3n) is 2.58. The Balaban J connectivity index is 2.96. The molecule has 0 bridgehead atoms. The van der Waals surface area contributed by atoms with Gasteiger partial charge in [0.2, 0.25) is 10.0 Å². The summed E-state index contributed by atoms with van der Waals surface area (Å²) in [7, 11) is -3.47. The van der Waals surface area contributed by atoms with Gasteiger partial charge in [-0.3, -0.25) is 0 Å². The average Bonchev–Trinajstić information content (AvgIpc) is 2.25. The maximum Gasteiger partial charge on any atom is 0.240 e. The summed E-state index contributed by atoms with van der Waals surface area (Å²) in [4.78, 5) is 0.285. The van der Waals surface area contributed by atoms with Gasteiger partial charge in [-0.25, -0.2) is 13.1 Å². The topological polar surface area (TPSA) is 46.2 Å². The molecule has 96 valence electrons. The van der Waals surface area contributed by atoms with Gasteiger partial charge in [0, 0.05) is 11.9 Å². The van der Waals surface area contributed by atoms with E-state index in [-0.39, 0.29) is 22.7 Å². The molecule has 3 nitrogen and oxygen atoms in total. The van der Waals surface area contributed by atoms with E-state index in [1.807, 2.05) is 26.8 Å². The first-order chi connectivity index (χ1) is 7.86. The zero-order valence-corrected chi connectivity index (χ0v) is 11.8. The lowest BCUT2D eigenvalue weighted by atomic mass is 10.1. The normalized spacial score (nSPS) is 13.9. The number of alkyl halides is 1. The van der Waals surface area contributed by atoms with E-state index in [0.717, 1.165) is 5.56 Å². The molecule has 0 heterocycles. The van der Waals surface area contributed by atoms with E-state index in [2.05, 4.69) is 4.72 Å². The van der Waals surface area contributed by atoms with Crippen LogP contribution in [-0.4, -0.2) is 20.3 Å². The summed E-state index contributed by atoms with van der Waals surface area (Å²) in [6.45, 7) is 5.73. The van der Waals surface area contributed by atoms with Crippen LogP contribution in [-0.2, 0) is 10.0 Å². The maximum absolute atomic E-state index is 12.1. The van der Waals surface area contributed by atoms with E-state index < -0.39 is 10.0 Å². The van der Waals surface area contributed by atoms with Gasteiger partial charge in [-0.05, 0) is 30.5 Å². The lowest BCUT2D eigenvalue weighted by molar-refractivity contribution is 0.480. The number of hydrogen-bond acceptors (Lipinski definition) is 2. The first kappa shape index (κ1) is 14.5. The second-order valence-corrected chi connectivity index (χ2v) is 6.47. The Morgan fingerprint density at radius 2 is 2.00 bits per heavy atom. The highest BCUT2D eigenvalue weighted by molar-refractivity contribution is 7.89. The van der Waals surface area contributed by atoms with Crippen LogP contribution in [0.1, 0.15) is 19.4 Å². The number of benzene rings is 1. The molecular formula is C12H18ClNO2S. The van der Waals surface area contributed by atoms with Crippen molar-refractivity contribution in [2.75, 3.05) is 5.88 Å². The Kier molecular flexibility index (Phi) is 4.98. The van der Waals surface area contributed by atoms with Gasteiger partial charge in [0.1, 0.15) is 0 Å². The third-order valence-corrected chi connectivity index (χ3v) is 4.40. The second kappa shape index (κ2) is 5.85. The number of halogens is 1. The first-order valence-electron chi connectivity index (χ1n) is 5.52. The largest absolute Gasteiger partial charge is 0.240 e. The predicted molar refractivity (Wildman–Crippen MR) is 70.8 cm³/mol. The van der Waals surface area contributed by atoms with Gasteiger partial charge in [-0.15, -0.1) is 11.6 Å². The van der Waals surface area contributed by atoms with Crippen molar-refractivity contribution < 1.29 is 8.42 Å². The Morgan fingerprint density at radius 1 is 1.35 bits per heavy atom. The average molecular weight is 276 g/mol. The summed E-state index contributed by atoms with van der Waals surface area (Å²) >= 11 is 5.76. The molecule has 0 aliphatic rings. The minimum Gasteiger partial charge on any atom is -0.207 e. The quantitative estimate of drug-likeness (QED) is 0.840. The first-order valence-corrected chi connectivity index (χ1v) is 7.53. The van der Waals surface area contributed by atoms with Crippen LogP contribution in [0, 0.1) is 12.8 Å². The molecule has 0 amide bonds. The highest BCUT2D eigenvalue weighted by Gasteiger charge is 2.21. The minimum absolute atomic E-state index is 0.159. The van der Waals surface area contributed by atoms with Crippen molar-refractivity contribution in [3.05, 3.63) is 29.8 Å². The molecule has 0 aliphatic heterocycles. The standard InChI is InChI=1S/C12H18ClNO2S/c1-9(2)12(8-13)14-17(15,16)11-6-4-5-10(3)7-11/h4-7,9,12,14H,8H2,1-3H3. The number of hydrogen-bond donors (Lipinski definition) is 1. The van der Waals surface area contributed by atoms with Crippen LogP contribution < -0.4 is 4.72 Å². The number of aryl methyl sites for hydroxylation is 1. The van der Waals surface area contributed by atoms with E-state index in [1.165, 1.54) is 0 Å². The van der Waals surface area contributed by atoms with Crippen molar-refractivity contribution >= 4 is 21.6 Å². The Bertz CT molecular complexity index is 471. The molecule has 0 saturated heterocycles. The summed E-state index contributed by atoms with van der Waals surface area (Å²) in [6.07, 6.45) is 0. The second-order valence-electron chi connectivity index (χ2n) is 4.44. The van der Waals surface area contributed by atoms with Gasteiger partial charge >= 0.3 is 0 Å². The van der Waals surface area contributed by atoms with Crippen LogP contribution in [0.15, 0.2) is 29.2 Å². The van der Waals surface area contributed by atoms with Gasteiger partial charge in [-0.1, -0.05) is 26.0 Å². The lowest BCUT2D eigenvalue weighted by Crippen LogP contribution is -2.39. The van der Waals surface area contributed by atoms with Gasteiger partial charge in [0.05, 0.1) is 4.90 Å². The SMILES string of the molecule is Cc1cccc(S(=O)(=O)NC(CCl)C(C)C)c1. The molecule has 1 rings (SSSR count). The number of rotatable bonds is 5. The van der Waals surface area contributed by atoms with Crippen LogP contribution >= 0.6 is 11.6 Å². The fraction of sp³-hybridized carbons (Fsp3) is 0.500. The Labute approximate surface area is 108 Å². The van der Waals surface area contributed by atoms with Crippen LogP contribution in [0.5, 0.6) is 0 Å². The summed E-state index contributed by atoms with van der Waals surface area (Å²) in [5.74, 6) is 0.426. The van der Waals surface area contributed by atoms with E-state index in [4.69, 9.17) is 11.6 Å². The van der Waals surface area contributed by atoms with Gasteiger partial charge < -0.3 is 0 Å². The molecule has 0 saturated carbocycles. The Hall–Kier alpha value is -0.580. The molecule has 17 heavy (non-hydrogen) atoms. The van der Waals surface area contributed by atoms with E-state index in [1.54, 1.807) is 18.2 Å². The highest BCUT2D eigenvalue weighted by Crippen LogP contribution is 2.13. The zero-order chi connectivity index (χ0) is 13.1. The molecule has 1 atom stereocenters. The molecule has 1 aromatic rings. The van der Waals surface area contributed by atoms with E-state index in [0.29, 0.717) is 0 Å². The molecule has 0 aliphatic carbocycles. The smallest absolute Gasteiger partial charge is 0.207 e. The van der Waals surface area contributed by atoms with Crippen LogP contribution in [0.4, 0.5) is 0 Å². The van der Waals surface area contributed by atoms with Crippen LogP contribution in [0.3, 0.4) is 0 Å². The highest BCUT2D eigenvalue weighted by atomic mass is 35.5. The third kappa shape index (κ3) is 3.98. The van der Waals surface area contributed by atoms with Crippen molar-refractivity contribution in [1.82, 2.24) is 4.72 Å². The summed E-state index contributed by atoms with van der Waals surface area (Å²) < 4.78 is 26.8. The van der Waals surface area contributed by atoms with Gasteiger partial charge in [0.15, 0.2) is 0 Å². The minimum atomic E-state index is -3.47. The molecule has 0 radical (unpaired) electrons. The van der Waals surface area contributed by atoms with E-state index >= 15 is 0 Å². The number of nitrogens with one attached hydrogen (secondary N) is 1. The van der Waals surface area contributed by atoms with E-state index in [9.17, 15) is 8.42 Å². The fourth-order valence-corrected chi connectivity index (χ4v) is 3.41. The van der Waals surface area contributed by atoms with Crippen LogP contribution in [0.2, 0.25) is 0 Å². The van der Waals surface area contributed by atoms with Gasteiger partial charge in [0.25, 0.3) is 0 Å². The molecular weight excluding hydrogens is 258 g/mol. The molecule has 0 spiro atoms. The molecule has 0 aromatic heterocycles. The van der Waals surface area contributed by atoms with Crippen molar-refractivity contribution in [2.24, 2.45) is 5.92 Å². The zero-order valence-electron chi connectivity index (χ0n) is 10.3. The lowest BCUT2D eigenvalue weighted by Gasteiger charge is -2.19. The summed E-state index contributed by atoms with van der Waals surface area (Å²) in [5, 5.41) is 0. The van der Waals surface area contributed by atoms with Crippen molar-refractivity contribution in [1.29, 1.82) is 0 Å². The molecule has 1 N–H and O–H groups in total. The fourth-order valence-electron chi connectivity index (χ4n) is 1.40. The summed E-state index contributed by atoms with van der Waals surface area (Å²) in [5.41, 5.74) is 0.917. The summed E-state index contributed by atoms with van der Waals surface area (Å²) in [6, 6.07) is 6.58. The van der Waals surface area contributed by atoms with Crippen molar-refractivity contribution in [3.63, 3.8) is 0 Å². The monoisotopic (exact) mass is 275 g/mol. The molecule has 5 heteroatoms. The molecule has 0 fully saturated rings. The molecule has 1 unspecified atom stereocenters. The predicted octanol–water partition coefficient (Wildman–Crippen LogP) is 2.54.